The fourth-order valence-corrected chi connectivity index (χ4v) is 4.59. The molecule has 0 rings (SSSR count). The zero-order chi connectivity index (χ0) is 12.2. The van der Waals surface area contributed by atoms with Gasteiger partial charge in [-0.2, -0.15) is 0 Å². The second-order valence-corrected chi connectivity index (χ2v) is 8.08. The van der Waals surface area contributed by atoms with Crippen LogP contribution in [0, 0.1) is 0 Å². The van der Waals surface area contributed by atoms with Gasteiger partial charge in [-0.25, -0.2) is 0 Å². The van der Waals surface area contributed by atoms with E-state index in [2.05, 4.69) is 0 Å². The van der Waals surface area contributed by atoms with E-state index in [0.717, 1.165) is 36.4 Å². The summed E-state index contributed by atoms with van der Waals surface area (Å²) in [5.41, 5.74) is -1.40. The summed E-state index contributed by atoms with van der Waals surface area (Å²) >= 11 is 0. The minimum Gasteiger partial charge on any atom is -0.486 e. The third-order valence-corrected chi connectivity index (χ3v) is 5.83. The van der Waals surface area contributed by atoms with Crippen molar-refractivity contribution in [3.05, 3.63) is 0 Å². The van der Waals surface area contributed by atoms with E-state index in [4.69, 9.17) is 10.2 Å². The fourth-order valence-electron chi connectivity index (χ4n) is 0.771. The lowest BCUT2D eigenvalue weighted by Crippen LogP contribution is -2.04. The van der Waals surface area contributed by atoms with Gasteiger partial charge in [0, 0.05) is 11.5 Å². The molecule has 0 bridgehead atoms. The molecule has 90 valence electrons. The molecule has 0 atom stereocenters. The van der Waals surface area contributed by atoms with Crippen molar-refractivity contribution in [3.63, 3.8) is 0 Å². The second kappa shape index (κ2) is 11.6. The van der Waals surface area contributed by atoms with E-state index in [1.807, 2.05) is 0 Å². The minimum absolute atomic E-state index is 0.0278. The SMILES string of the molecule is O=C(O)[Si]CCCSSCCC[Si]C(=O)O. The average molecular weight is 295 g/mol. The molecular weight excluding hydrogens is 280 g/mol. The second-order valence-electron chi connectivity index (χ2n) is 2.81. The molecule has 0 aromatic rings. The van der Waals surface area contributed by atoms with Gasteiger partial charge in [0.15, 0.2) is 19.0 Å². The summed E-state index contributed by atoms with van der Waals surface area (Å²) < 4.78 is 0. The number of hydrogen-bond acceptors (Lipinski definition) is 4. The first-order valence-electron chi connectivity index (χ1n) is 4.81. The van der Waals surface area contributed by atoms with Crippen molar-refractivity contribution in [2.24, 2.45) is 0 Å². The zero-order valence-electron chi connectivity index (χ0n) is 8.77. The minimum atomic E-state index is -0.702. The Morgan fingerprint density at radius 1 is 0.875 bits per heavy atom. The molecule has 0 saturated carbocycles. The monoisotopic (exact) mass is 294 g/mol. The maximum absolute atomic E-state index is 10.2. The normalized spacial score (nSPS) is 10.2. The Morgan fingerprint density at radius 2 is 1.25 bits per heavy atom. The smallest absolute Gasteiger partial charge is 0.265 e. The largest absolute Gasteiger partial charge is 0.486 e. The van der Waals surface area contributed by atoms with Gasteiger partial charge in [-0.1, -0.05) is 21.6 Å². The highest BCUT2D eigenvalue weighted by Crippen LogP contribution is 2.23. The lowest BCUT2D eigenvalue weighted by Gasteiger charge is -1.99. The van der Waals surface area contributed by atoms with Gasteiger partial charge >= 0.3 is 0 Å². The first kappa shape index (κ1) is 16.1. The molecule has 4 nitrogen and oxygen atoms in total. The van der Waals surface area contributed by atoms with Crippen LogP contribution in [0.15, 0.2) is 0 Å². The van der Waals surface area contributed by atoms with Crippen molar-refractivity contribution >= 4 is 51.8 Å². The van der Waals surface area contributed by atoms with Gasteiger partial charge in [-0.15, -0.1) is 0 Å². The Labute approximate surface area is 108 Å². The van der Waals surface area contributed by atoms with Crippen molar-refractivity contribution in [1.82, 2.24) is 0 Å². The van der Waals surface area contributed by atoms with Crippen LogP contribution in [0.4, 0.5) is 9.59 Å². The quantitative estimate of drug-likeness (QED) is 0.347. The predicted octanol–water partition coefficient (Wildman–Crippen LogP) is 2.75. The molecule has 2 N–H and O–H groups in total. The Kier molecular flexibility index (Phi) is 11.6. The van der Waals surface area contributed by atoms with Crippen LogP contribution >= 0.6 is 21.6 Å². The molecule has 0 aromatic carbocycles. The predicted molar refractivity (Wildman–Crippen MR) is 71.3 cm³/mol. The van der Waals surface area contributed by atoms with E-state index in [9.17, 15) is 9.59 Å². The summed E-state index contributed by atoms with van der Waals surface area (Å²) in [6, 6.07) is 1.53. The van der Waals surface area contributed by atoms with E-state index in [1.54, 1.807) is 21.6 Å². The fraction of sp³-hybridized carbons (Fsp3) is 0.750. The van der Waals surface area contributed by atoms with Crippen LogP contribution in [0.3, 0.4) is 0 Å². The van der Waals surface area contributed by atoms with Gasteiger partial charge < -0.3 is 10.2 Å². The molecule has 8 heteroatoms. The van der Waals surface area contributed by atoms with E-state index < -0.39 is 11.2 Å². The summed E-state index contributed by atoms with van der Waals surface area (Å²) in [7, 11) is 3.55. The Hall–Kier alpha value is 0.0738. The molecule has 0 aliphatic carbocycles. The average Bonchev–Trinajstić information content (AvgIpc) is 2.20. The van der Waals surface area contributed by atoms with Crippen LogP contribution in [0.1, 0.15) is 12.8 Å². The highest BCUT2D eigenvalue weighted by molar-refractivity contribution is 8.76. The van der Waals surface area contributed by atoms with Gasteiger partial charge in [0.1, 0.15) is 0 Å². The summed E-state index contributed by atoms with van der Waals surface area (Å²) in [6.45, 7) is 0. The molecule has 0 aromatic heterocycles. The van der Waals surface area contributed by atoms with E-state index in [1.165, 1.54) is 0 Å². The number of rotatable bonds is 11. The van der Waals surface area contributed by atoms with Gasteiger partial charge in [-0.05, 0) is 24.9 Å². The highest BCUT2D eigenvalue weighted by atomic mass is 33.1. The molecule has 0 saturated heterocycles. The molecule has 0 aliphatic heterocycles. The first-order valence-corrected chi connectivity index (χ1v) is 9.71. The number of carboxylic acid groups (broad SMARTS) is 2. The summed E-state index contributed by atoms with van der Waals surface area (Å²) in [4.78, 5) is 20.4. The van der Waals surface area contributed by atoms with Crippen molar-refractivity contribution in [1.29, 1.82) is 0 Å². The molecular formula is C8H14O4S2Si2. The third-order valence-electron chi connectivity index (χ3n) is 1.44. The zero-order valence-corrected chi connectivity index (χ0v) is 12.4. The topological polar surface area (TPSA) is 74.6 Å². The molecule has 16 heavy (non-hydrogen) atoms. The molecule has 0 amide bonds. The van der Waals surface area contributed by atoms with Crippen LogP contribution in [-0.2, 0) is 0 Å². The summed E-state index contributed by atoms with van der Waals surface area (Å²) in [5.74, 6) is 1.96. The van der Waals surface area contributed by atoms with E-state index in [-0.39, 0.29) is 19.0 Å². The van der Waals surface area contributed by atoms with Crippen molar-refractivity contribution < 1.29 is 19.8 Å². The first-order chi connectivity index (χ1) is 7.63. The summed E-state index contributed by atoms with van der Waals surface area (Å²) in [6.07, 6.45) is 1.89. The Morgan fingerprint density at radius 3 is 1.56 bits per heavy atom. The van der Waals surface area contributed by atoms with Crippen LogP contribution in [0.2, 0.25) is 12.1 Å². The van der Waals surface area contributed by atoms with Gasteiger partial charge in [0.2, 0.25) is 0 Å². The number of carbonyl (C=O) groups is 2. The van der Waals surface area contributed by atoms with Crippen LogP contribution < -0.4 is 0 Å². The molecule has 0 unspecified atom stereocenters. The maximum atomic E-state index is 10.2. The molecule has 0 aliphatic rings. The molecule has 0 heterocycles. The van der Waals surface area contributed by atoms with Crippen LogP contribution in [-0.4, -0.2) is 51.9 Å². The van der Waals surface area contributed by atoms with Crippen molar-refractivity contribution in [2.45, 2.75) is 24.9 Å². The Bertz CT molecular complexity index is 194. The van der Waals surface area contributed by atoms with Crippen LogP contribution in [0.25, 0.3) is 0 Å². The van der Waals surface area contributed by atoms with Gasteiger partial charge in [0.05, 0.1) is 0 Å². The van der Waals surface area contributed by atoms with Gasteiger partial charge in [-0.3, -0.25) is 9.59 Å². The molecule has 0 fully saturated rings. The number of hydrogen-bond donors (Lipinski definition) is 2. The van der Waals surface area contributed by atoms with E-state index >= 15 is 0 Å². The van der Waals surface area contributed by atoms with Crippen molar-refractivity contribution in [3.8, 4) is 0 Å². The van der Waals surface area contributed by atoms with Gasteiger partial charge in [0.25, 0.3) is 11.2 Å². The standard InChI is InChI=1S/C8H14O4S2Si2/c9-7(10)15-5-1-3-13-14-4-2-6-16-8(11)12/h1-6H2,(H,9,10)(H,11,12). The van der Waals surface area contributed by atoms with Crippen molar-refractivity contribution in [2.75, 3.05) is 11.5 Å². The Balaban J connectivity index is 2.98. The highest BCUT2D eigenvalue weighted by Gasteiger charge is 2.00. The summed E-state index contributed by atoms with van der Waals surface area (Å²) in [5, 5.41) is 16.8. The third kappa shape index (κ3) is 14.1. The van der Waals surface area contributed by atoms with E-state index in [0.29, 0.717) is 0 Å². The maximum Gasteiger partial charge on any atom is 0.265 e. The van der Waals surface area contributed by atoms with Crippen LogP contribution in [0.5, 0.6) is 0 Å². The lowest BCUT2D eigenvalue weighted by molar-refractivity contribution is 0.218. The molecule has 4 radical (unpaired) electrons. The lowest BCUT2D eigenvalue weighted by atomic mass is 10.6. The molecule has 0 spiro atoms.